The maximum absolute atomic E-state index is 14.5. The Morgan fingerprint density at radius 1 is 1.33 bits per heavy atom. The number of benzene rings is 1. The second kappa shape index (κ2) is 9.07. The second-order valence-electron chi connectivity index (χ2n) is 7.98. The molecule has 1 aliphatic rings. The molecule has 1 aliphatic carbocycles. The van der Waals surface area contributed by atoms with Crippen molar-refractivity contribution in [3.05, 3.63) is 53.5 Å². The highest BCUT2D eigenvalue weighted by Crippen LogP contribution is 2.42. The van der Waals surface area contributed by atoms with Crippen LogP contribution in [0.5, 0.6) is 5.75 Å². The van der Waals surface area contributed by atoms with Gasteiger partial charge in [-0.1, -0.05) is 32.1 Å². The molecule has 1 aromatic carbocycles. The first-order chi connectivity index (χ1) is 13.9. The second-order valence-corrected chi connectivity index (χ2v) is 7.98. The lowest BCUT2D eigenvalue weighted by Gasteiger charge is -2.39. The molecule has 0 heterocycles. The summed E-state index contributed by atoms with van der Waals surface area (Å²) < 4.78 is 61.1. The van der Waals surface area contributed by atoms with Crippen molar-refractivity contribution in [2.75, 3.05) is 13.7 Å². The number of alkyl halides is 3. The SMILES string of the molecule is COc1ccc(C(C)(C)CC(O)(CNC2=CC=CCC2/C=N\N)C(F)(F)F)c(F)c1. The Hall–Kier alpha value is -2.55. The van der Waals surface area contributed by atoms with Crippen molar-refractivity contribution in [1.82, 2.24) is 5.32 Å². The van der Waals surface area contributed by atoms with Crippen LogP contribution in [-0.2, 0) is 5.41 Å². The molecule has 5 nitrogen and oxygen atoms in total. The molecule has 0 saturated carbocycles. The topological polar surface area (TPSA) is 79.9 Å². The molecule has 9 heteroatoms. The van der Waals surface area contributed by atoms with E-state index in [9.17, 15) is 22.7 Å². The Morgan fingerprint density at radius 3 is 2.60 bits per heavy atom. The molecule has 2 atom stereocenters. The highest BCUT2D eigenvalue weighted by Gasteiger charge is 2.56. The van der Waals surface area contributed by atoms with E-state index in [0.29, 0.717) is 12.1 Å². The molecular formula is C21H27F4N3O2. The fourth-order valence-corrected chi connectivity index (χ4v) is 3.59. The standard InChI is InChI=1S/C21H27F4N3O2/c1-19(2,16-9-8-15(30-3)10-17(16)22)12-20(29,21(23,24)25)13-27-18-7-5-4-6-14(18)11-28-26/h4-5,7-11,14,27,29H,6,12-13,26H2,1-3H3/b28-11-. The maximum Gasteiger partial charge on any atom is 0.418 e. The molecule has 4 N–H and O–H groups in total. The number of halogens is 4. The summed E-state index contributed by atoms with van der Waals surface area (Å²) in [7, 11) is 1.37. The van der Waals surface area contributed by atoms with Gasteiger partial charge >= 0.3 is 6.18 Å². The third kappa shape index (κ3) is 5.33. The molecule has 2 rings (SSSR count). The van der Waals surface area contributed by atoms with Gasteiger partial charge in [0.15, 0.2) is 5.60 Å². The van der Waals surface area contributed by atoms with E-state index in [0.717, 1.165) is 6.07 Å². The summed E-state index contributed by atoms with van der Waals surface area (Å²) in [4.78, 5) is 0. The first-order valence-corrected chi connectivity index (χ1v) is 9.40. The Morgan fingerprint density at radius 2 is 2.03 bits per heavy atom. The van der Waals surface area contributed by atoms with Gasteiger partial charge in [-0.3, -0.25) is 0 Å². The van der Waals surface area contributed by atoms with E-state index < -0.39 is 36.0 Å². The van der Waals surface area contributed by atoms with Crippen LogP contribution >= 0.6 is 0 Å². The average molecular weight is 429 g/mol. The monoisotopic (exact) mass is 429 g/mol. The number of hydrogen-bond donors (Lipinski definition) is 3. The molecule has 0 radical (unpaired) electrons. The first-order valence-electron chi connectivity index (χ1n) is 9.40. The molecule has 30 heavy (non-hydrogen) atoms. The largest absolute Gasteiger partial charge is 0.497 e. The molecule has 1 aromatic rings. The minimum absolute atomic E-state index is 0.0546. The zero-order valence-corrected chi connectivity index (χ0v) is 17.1. The van der Waals surface area contributed by atoms with Crippen LogP contribution in [-0.4, -0.2) is 36.8 Å². The molecule has 0 bridgehead atoms. The molecular weight excluding hydrogens is 402 g/mol. The predicted molar refractivity (Wildman–Crippen MR) is 108 cm³/mol. The Balaban J connectivity index is 2.28. The van der Waals surface area contributed by atoms with E-state index in [-0.39, 0.29) is 17.2 Å². The van der Waals surface area contributed by atoms with E-state index in [4.69, 9.17) is 10.6 Å². The number of aliphatic hydroxyl groups is 1. The summed E-state index contributed by atoms with van der Waals surface area (Å²) in [5.41, 5.74) is -3.90. The number of rotatable bonds is 8. The summed E-state index contributed by atoms with van der Waals surface area (Å²) in [6, 6.07) is 3.96. The molecule has 0 saturated heterocycles. The van der Waals surface area contributed by atoms with Gasteiger partial charge in [0.05, 0.1) is 13.7 Å². The lowest BCUT2D eigenvalue weighted by atomic mass is 9.74. The van der Waals surface area contributed by atoms with Crippen LogP contribution in [0.15, 0.2) is 47.2 Å². The van der Waals surface area contributed by atoms with Gasteiger partial charge in [0.25, 0.3) is 0 Å². The van der Waals surface area contributed by atoms with Gasteiger partial charge in [0.2, 0.25) is 0 Å². The van der Waals surface area contributed by atoms with Crippen LogP contribution in [0.3, 0.4) is 0 Å². The van der Waals surface area contributed by atoms with Crippen LogP contribution in [0.2, 0.25) is 0 Å². The highest BCUT2D eigenvalue weighted by molar-refractivity contribution is 5.65. The molecule has 0 spiro atoms. The normalized spacial score (nSPS) is 19.5. The van der Waals surface area contributed by atoms with E-state index in [1.165, 1.54) is 39.3 Å². The van der Waals surface area contributed by atoms with E-state index in [1.54, 1.807) is 12.2 Å². The zero-order chi connectivity index (χ0) is 22.6. The van der Waals surface area contributed by atoms with Crippen molar-refractivity contribution in [2.45, 2.75) is 43.9 Å². The number of nitrogens with one attached hydrogen (secondary N) is 1. The van der Waals surface area contributed by atoms with Gasteiger partial charge in [0, 0.05) is 23.9 Å². The van der Waals surface area contributed by atoms with Gasteiger partial charge in [0.1, 0.15) is 11.6 Å². The number of nitrogens with two attached hydrogens (primary N) is 1. The molecule has 166 valence electrons. The predicted octanol–water partition coefficient (Wildman–Crippen LogP) is 3.79. The zero-order valence-electron chi connectivity index (χ0n) is 17.1. The van der Waals surface area contributed by atoms with E-state index in [2.05, 4.69) is 10.4 Å². The number of hydrogen-bond acceptors (Lipinski definition) is 5. The average Bonchev–Trinajstić information content (AvgIpc) is 2.66. The van der Waals surface area contributed by atoms with Gasteiger partial charge < -0.3 is 21.0 Å². The minimum Gasteiger partial charge on any atom is -0.497 e. The van der Waals surface area contributed by atoms with E-state index in [1.807, 2.05) is 6.08 Å². The maximum atomic E-state index is 14.5. The van der Waals surface area contributed by atoms with Crippen molar-refractivity contribution in [1.29, 1.82) is 0 Å². The van der Waals surface area contributed by atoms with Crippen molar-refractivity contribution in [2.24, 2.45) is 16.9 Å². The third-order valence-electron chi connectivity index (χ3n) is 5.22. The minimum atomic E-state index is -4.94. The van der Waals surface area contributed by atoms with Crippen LogP contribution < -0.4 is 15.9 Å². The lowest BCUT2D eigenvalue weighted by Crippen LogP contribution is -2.55. The van der Waals surface area contributed by atoms with E-state index >= 15 is 0 Å². The summed E-state index contributed by atoms with van der Waals surface area (Å²) in [6.07, 6.45) is 1.40. The quantitative estimate of drug-likeness (QED) is 0.254. The number of nitrogens with zero attached hydrogens (tertiary/aromatic N) is 1. The molecule has 0 aromatic heterocycles. The molecule has 0 fully saturated rings. The molecule has 0 amide bonds. The van der Waals surface area contributed by atoms with Gasteiger partial charge in [-0.15, -0.1) is 0 Å². The number of ether oxygens (including phenoxy) is 1. The fraction of sp³-hybridized carbons (Fsp3) is 0.476. The van der Waals surface area contributed by atoms with Gasteiger partial charge in [-0.2, -0.15) is 18.3 Å². The molecule has 2 unspecified atom stereocenters. The lowest BCUT2D eigenvalue weighted by molar-refractivity contribution is -0.264. The fourth-order valence-electron chi connectivity index (χ4n) is 3.59. The summed E-state index contributed by atoms with van der Waals surface area (Å²) in [6.45, 7) is 2.12. The smallest absolute Gasteiger partial charge is 0.418 e. The Bertz CT molecular complexity index is 834. The Kier molecular flexibility index (Phi) is 7.18. The van der Waals surface area contributed by atoms with Crippen molar-refractivity contribution in [3.63, 3.8) is 0 Å². The van der Waals surface area contributed by atoms with Crippen molar-refractivity contribution in [3.8, 4) is 5.75 Å². The number of hydrazone groups is 1. The molecule has 0 aliphatic heterocycles. The highest BCUT2D eigenvalue weighted by atomic mass is 19.4. The van der Waals surface area contributed by atoms with Gasteiger partial charge in [-0.05, 0) is 36.0 Å². The van der Waals surface area contributed by atoms with Crippen molar-refractivity contribution < 1.29 is 27.4 Å². The summed E-state index contributed by atoms with van der Waals surface area (Å²) in [5.74, 6) is 4.41. The Labute approximate surface area is 173 Å². The van der Waals surface area contributed by atoms with Crippen LogP contribution in [0.25, 0.3) is 0 Å². The van der Waals surface area contributed by atoms with Crippen LogP contribution in [0, 0.1) is 11.7 Å². The van der Waals surface area contributed by atoms with Crippen molar-refractivity contribution >= 4 is 6.21 Å². The van der Waals surface area contributed by atoms with Crippen LogP contribution in [0.4, 0.5) is 17.6 Å². The van der Waals surface area contributed by atoms with Gasteiger partial charge in [-0.25, -0.2) is 4.39 Å². The summed E-state index contributed by atoms with van der Waals surface area (Å²) >= 11 is 0. The number of allylic oxidation sites excluding steroid dienone is 4. The first kappa shape index (κ1) is 23.7. The number of methoxy groups -OCH3 is 1. The van der Waals surface area contributed by atoms with Crippen LogP contribution in [0.1, 0.15) is 32.3 Å². The summed E-state index contributed by atoms with van der Waals surface area (Å²) in [5, 5.41) is 16.8. The third-order valence-corrected chi connectivity index (χ3v) is 5.22.